The molecular formula is C12H13N3O4. The molecule has 2 N–H and O–H groups in total. The molecular weight excluding hydrogens is 250 g/mol. The summed E-state index contributed by atoms with van der Waals surface area (Å²) in [6.45, 7) is 1.82. The van der Waals surface area contributed by atoms with Gasteiger partial charge in [-0.05, 0) is 19.1 Å². The van der Waals surface area contributed by atoms with Crippen molar-refractivity contribution in [2.75, 3.05) is 7.11 Å². The Kier molecular flexibility index (Phi) is 3.37. The Morgan fingerprint density at radius 2 is 2.21 bits per heavy atom. The van der Waals surface area contributed by atoms with E-state index < -0.39 is 11.9 Å². The number of rotatable bonds is 4. The summed E-state index contributed by atoms with van der Waals surface area (Å²) >= 11 is 0. The molecule has 7 nitrogen and oxygen atoms in total. The van der Waals surface area contributed by atoms with Gasteiger partial charge < -0.3 is 14.9 Å². The highest BCUT2D eigenvalue weighted by molar-refractivity contribution is 5.92. The number of amides is 1. The molecule has 1 unspecified atom stereocenters. The average molecular weight is 263 g/mol. The van der Waals surface area contributed by atoms with Crippen molar-refractivity contribution in [1.29, 1.82) is 0 Å². The Balaban J connectivity index is 2.23. The summed E-state index contributed by atoms with van der Waals surface area (Å²) in [4.78, 5) is 22.3. The average Bonchev–Trinajstić information content (AvgIpc) is 3.05. The van der Waals surface area contributed by atoms with Crippen molar-refractivity contribution < 1.29 is 18.7 Å². The molecule has 0 bridgehead atoms. The summed E-state index contributed by atoms with van der Waals surface area (Å²) in [6, 6.07) is 2.91. The first-order chi connectivity index (χ1) is 9.02. The fraction of sp³-hybridized carbons (Fsp3) is 0.250. The SMILES string of the molecule is COC(=O)c1ccc(C(C)n2cc(C(N)=O)cn2)o1. The van der Waals surface area contributed by atoms with E-state index in [-0.39, 0.29) is 11.8 Å². The Hall–Kier alpha value is -2.57. The third-order valence-electron chi connectivity index (χ3n) is 2.71. The van der Waals surface area contributed by atoms with Crippen LogP contribution in [0.3, 0.4) is 0 Å². The Morgan fingerprint density at radius 3 is 2.79 bits per heavy atom. The lowest BCUT2D eigenvalue weighted by molar-refractivity contribution is 0.0562. The van der Waals surface area contributed by atoms with Crippen LogP contribution in [0.15, 0.2) is 28.9 Å². The predicted octanol–water partition coefficient (Wildman–Crippen LogP) is 0.971. The van der Waals surface area contributed by atoms with Gasteiger partial charge in [0.1, 0.15) is 11.8 Å². The minimum absolute atomic E-state index is 0.117. The molecule has 2 aromatic rings. The van der Waals surface area contributed by atoms with E-state index in [4.69, 9.17) is 10.2 Å². The monoisotopic (exact) mass is 263 g/mol. The maximum absolute atomic E-state index is 11.3. The second kappa shape index (κ2) is 4.97. The van der Waals surface area contributed by atoms with Crippen LogP contribution in [0.4, 0.5) is 0 Å². The molecule has 100 valence electrons. The molecule has 0 radical (unpaired) electrons. The first kappa shape index (κ1) is 12.9. The van der Waals surface area contributed by atoms with Crippen molar-refractivity contribution in [1.82, 2.24) is 9.78 Å². The second-order valence-corrected chi connectivity index (χ2v) is 3.94. The maximum Gasteiger partial charge on any atom is 0.373 e. The lowest BCUT2D eigenvalue weighted by Gasteiger charge is -2.08. The summed E-state index contributed by atoms with van der Waals surface area (Å²) in [7, 11) is 1.28. The van der Waals surface area contributed by atoms with E-state index in [1.54, 1.807) is 6.07 Å². The van der Waals surface area contributed by atoms with E-state index in [2.05, 4.69) is 9.84 Å². The molecule has 0 fully saturated rings. The second-order valence-electron chi connectivity index (χ2n) is 3.94. The first-order valence-corrected chi connectivity index (χ1v) is 5.55. The minimum Gasteiger partial charge on any atom is -0.463 e. The van der Waals surface area contributed by atoms with Gasteiger partial charge in [-0.2, -0.15) is 5.10 Å². The highest BCUT2D eigenvalue weighted by Crippen LogP contribution is 2.20. The summed E-state index contributed by atoms with van der Waals surface area (Å²) in [5.74, 6) is -0.448. The fourth-order valence-electron chi connectivity index (χ4n) is 1.60. The van der Waals surface area contributed by atoms with Gasteiger partial charge >= 0.3 is 5.97 Å². The third kappa shape index (κ3) is 2.49. The van der Waals surface area contributed by atoms with Crippen molar-refractivity contribution in [3.8, 4) is 0 Å². The van der Waals surface area contributed by atoms with Gasteiger partial charge in [-0.25, -0.2) is 4.79 Å². The van der Waals surface area contributed by atoms with Crippen LogP contribution < -0.4 is 5.73 Å². The van der Waals surface area contributed by atoms with Gasteiger partial charge in [0.2, 0.25) is 5.76 Å². The number of furan rings is 1. The van der Waals surface area contributed by atoms with Crippen LogP contribution in [0.2, 0.25) is 0 Å². The Morgan fingerprint density at radius 1 is 1.47 bits per heavy atom. The molecule has 0 aliphatic heterocycles. The number of carbonyl (C=O) groups excluding carboxylic acids is 2. The van der Waals surface area contributed by atoms with Gasteiger partial charge in [0, 0.05) is 6.20 Å². The molecule has 2 rings (SSSR count). The summed E-state index contributed by atoms with van der Waals surface area (Å²) in [5, 5.41) is 4.03. The van der Waals surface area contributed by atoms with Gasteiger partial charge in [-0.1, -0.05) is 0 Å². The van der Waals surface area contributed by atoms with E-state index in [1.807, 2.05) is 6.92 Å². The van der Waals surface area contributed by atoms with E-state index in [0.29, 0.717) is 11.3 Å². The molecule has 2 heterocycles. The molecule has 0 saturated heterocycles. The van der Waals surface area contributed by atoms with E-state index >= 15 is 0 Å². The first-order valence-electron chi connectivity index (χ1n) is 5.55. The number of methoxy groups -OCH3 is 1. The van der Waals surface area contributed by atoms with Crippen molar-refractivity contribution in [2.45, 2.75) is 13.0 Å². The lowest BCUT2D eigenvalue weighted by Crippen LogP contribution is -2.10. The topological polar surface area (TPSA) is 100 Å². The number of nitrogens with zero attached hydrogens (tertiary/aromatic N) is 2. The van der Waals surface area contributed by atoms with Gasteiger partial charge in [0.25, 0.3) is 5.91 Å². The highest BCUT2D eigenvalue weighted by Gasteiger charge is 2.17. The summed E-state index contributed by atoms with van der Waals surface area (Å²) in [5.41, 5.74) is 5.46. The molecule has 1 atom stereocenters. The smallest absolute Gasteiger partial charge is 0.373 e. The molecule has 0 aromatic carbocycles. The minimum atomic E-state index is -0.548. The number of hydrogen-bond acceptors (Lipinski definition) is 5. The zero-order chi connectivity index (χ0) is 14.0. The summed E-state index contributed by atoms with van der Waals surface area (Å²) in [6.07, 6.45) is 2.90. The van der Waals surface area contributed by atoms with E-state index in [0.717, 1.165) is 0 Å². The number of aromatic nitrogens is 2. The van der Waals surface area contributed by atoms with Gasteiger partial charge in [-0.15, -0.1) is 0 Å². The molecule has 0 spiro atoms. The van der Waals surface area contributed by atoms with Crippen molar-refractivity contribution in [2.24, 2.45) is 5.73 Å². The maximum atomic E-state index is 11.3. The van der Waals surface area contributed by atoms with Crippen LogP contribution in [0, 0.1) is 0 Å². The van der Waals surface area contributed by atoms with Crippen LogP contribution in [0.5, 0.6) is 0 Å². The van der Waals surface area contributed by atoms with Crippen LogP contribution in [0.1, 0.15) is 39.6 Å². The molecule has 19 heavy (non-hydrogen) atoms. The molecule has 7 heteroatoms. The zero-order valence-corrected chi connectivity index (χ0v) is 10.5. The molecule has 0 saturated carbocycles. The number of ether oxygens (including phenoxy) is 1. The van der Waals surface area contributed by atoms with Crippen molar-refractivity contribution in [3.63, 3.8) is 0 Å². The number of carbonyl (C=O) groups is 2. The molecule has 2 aromatic heterocycles. The fourth-order valence-corrected chi connectivity index (χ4v) is 1.60. The van der Waals surface area contributed by atoms with Crippen LogP contribution in [0.25, 0.3) is 0 Å². The number of hydrogen-bond donors (Lipinski definition) is 1. The summed E-state index contributed by atoms with van der Waals surface area (Å²) < 4.78 is 11.5. The van der Waals surface area contributed by atoms with Gasteiger partial charge in [0.05, 0.1) is 18.9 Å². The van der Waals surface area contributed by atoms with Gasteiger partial charge in [-0.3, -0.25) is 9.48 Å². The molecule has 0 aliphatic rings. The van der Waals surface area contributed by atoms with Crippen molar-refractivity contribution in [3.05, 3.63) is 41.6 Å². The van der Waals surface area contributed by atoms with E-state index in [1.165, 1.54) is 30.3 Å². The predicted molar refractivity (Wildman–Crippen MR) is 64.6 cm³/mol. The van der Waals surface area contributed by atoms with Crippen molar-refractivity contribution >= 4 is 11.9 Å². The number of primary amides is 1. The van der Waals surface area contributed by atoms with Crippen LogP contribution in [-0.4, -0.2) is 28.8 Å². The molecule has 1 amide bonds. The number of nitrogens with two attached hydrogens (primary N) is 1. The quantitative estimate of drug-likeness (QED) is 0.828. The zero-order valence-electron chi connectivity index (χ0n) is 10.5. The lowest BCUT2D eigenvalue weighted by atomic mass is 10.2. The standard InChI is InChI=1S/C12H13N3O4/c1-7(15-6-8(5-14-15)11(13)16)9-3-4-10(19-9)12(17)18-2/h3-7H,1-2H3,(H2,13,16). The molecule has 0 aliphatic carbocycles. The number of esters is 1. The largest absolute Gasteiger partial charge is 0.463 e. The van der Waals surface area contributed by atoms with Crippen LogP contribution in [-0.2, 0) is 4.74 Å². The Labute approximate surface area is 108 Å². The van der Waals surface area contributed by atoms with Gasteiger partial charge in [0.15, 0.2) is 0 Å². The Bertz CT molecular complexity index is 614. The third-order valence-corrected chi connectivity index (χ3v) is 2.71. The highest BCUT2D eigenvalue weighted by atomic mass is 16.5. The normalized spacial score (nSPS) is 12.1. The van der Waals surface area contributed by atoms with Crippen LogP contribution >= 0.6 is 0 Å². The van der Waals surface area contributed by atoms with E-state index in [9.17, 15) is 9.59 Å².